The van der Waals surface area contributed by atoms with Crippen molar-refractivity contribution >= 4 is 5.82 Å². The fourth-order valence-electron chi connectivity index (χ4n) is 3.08. The summed E-state index contributed by atoms with van der Waals surface area (Å²) in [6, 6.07) is 8.49. The van der Waals surface area contributed by atoms with Crippen molar-refractivity contribution in [3.05, 3.63) is 41.8 Å². The summed E-state index contributed by atoms with van der Waals surface area (Å²) in [5.41, 5.74) is 1.71. The summed E-state index contributed by atoms with van der Waals surface area (Å²) in [5.74, 6) is 1.78. The first kappa shape index (κ1) is 16.8. The first-order chi connectivity index (χ1) is 11.7. The van der Waals surface area contributed by atoms with Crippen LogP contribution in [0.1, 0.15) is 31.9 Å². The van der Waals surface area contributed by atoms with E-state index < -0.39 is 0 Å². The van der Waals surface area contributed by atoms with Gasteiger partial charge in [0.1, 0.15) is 11.6 Å². The molecule has 1 fully saturated rings. The number of aryl methyl sites for hydroxylation is 1. The number of nitrogens with zero attached hydrogens (tertiary/aromatic N) is 2. The zero-order valence-corrected chi connectivity index (χ0v) is 14.2. The fourth-order valence-corrected chi connectivity index (χ4v) is 3.08. The van der Waals surface area contributed by atoms with Gasteiger partial charge in [0.15, 0.2) is 5.82 Å². The summed E-state index contributed by atoms with van der Waals surface area (Å²) in [6.07, 6.45) is 4.38. The molecular weight excluding hydrogens is 303 g/mol. The second-order valence-electron chi connectivity index (χ2n) is 6.42. The highest BCUT2D eigenvalue weighted by molar-refractivity contribution is 5.57. The molecule has 2 aromatic rings. The van der Waals surface area contributed by atoms with Crippen molar-refractivity contribution in [1.29, 1.82) is 0 Å². The standard InChI is InChI=1S/C19H25FN4/c1-2-5-17-11-18(22-13-14-6-4-9-21-12-14)24-19(23-17)15-7-3-8-16(20)10-15/h3,7-8,10-11,14,21H,2,4-6,9,12-13H2,1H3,(H,22,23,24). The zero-order valence-electron chi connectivity index (χ0n) is 14.2. The van der Waals surface area contributed by atoms with Crippen LogP contribution in [0.15, 0.2) is 30.3 Å². The van der Waals surface area contributed by atoms with Gasteiger partial charge in [-0.05, 0) is 50.4 Å². The Bertz CT molecular complexity index is 668. The smallest absolute Gasteiger partial charge is 0.161 e. The molecule has 5 heteroatoms. The molecule has 2 heterocycles. The number of piperidine rings is 1. The molecule has 0 spiro atoms. The monoisotopic (exact) mass is 328 g/mol. The zero-order chi connectivity index (χ0) is 16.8. The van der Waals surface area contributed by atoms with E-state index in [1.54, 1.807) is 6.07 Å². The van der Waals surface area contributed by atoms with Crippen LogP contribution in [-0.4, -0.2) is 29.6 Å². The summed E-state index contributed by atoms with van der Waals surface area (Å²) >= 11 is 0. The van der Waals surface area contributed by atoms with Gasteiger partial charge in [-0.1, -0.05) is 25.5 Å². The SMILES string of the molecule is CCCc1cc(NCC2CCCNC2)nc(-c2cccc(F)c2)n1. The van der Waals surface area contributed by atoms with Gasteiger partial charge in [0.2, 0.25) is 0 Å². The Kier molecular flexibility index (Phi) is 5.75. The predicted octanol–water partition coefficient (Wildman–Crippen LogP) is 3.65. The average molecular weight is 328 g/mol. The highest BCUT2D eigenvalue weighted by atomic mass is 19.1. The van der Waals surface area contributed by atoms with Crippen LogP contribution in [0.4, 0.5) is 10.2 Å². The molecule has 0 saturated carbocycles. The maximum atomic E-state index is 13.5. The van der Waals surface area contributed by atoms with Gasteiger partial charge in [-0.15, -0.1) is 0 Å². The highest BCUT2D eigenvalue weighted by Crippen LogP contribution is 2.20. The minimum Gasteiger partial charge on any atom is -0.370 e. The minimum atomic E-state index is -0.264. The van der Waals surface area contributed by atoms with E-state index in [1.807, 2.05) is 12.1 Å². The van der Waals surface area contributed by atoms with E-state index in [-0.39, 0.29) is 5.82 Å². The van der Waals surface area contributed by atoms with Gasteiger partial charge in [-0.2, -0.15) is 0 Å². The van der Waals surface area contributed by atoms with Crippen LogP contribution in [0, 0.1) is 11.7 Å². The van der Waals surface area contributed by atoms with E-state index in [2.05, 4.69) is 27.5 Å². The minimum absolute atomic E-state index is 0.264. The van der Waals surface area contributed by atoms with Gasteiger partial charge in [0, 0.05) is 23.9 Å². The molecule has 1 saturated heterocycles. The molecule has 0 amide bonds. The Labute approximate surface area is 142 Å². The van der Waals surface area contributed by atoms with Gasteiger partial charge < -0.3 is 10.6 Å². The Balaban J connectivity index is 1.79. The number of rotatable bonds is 6. The second-order valence-corrected chi connectivity index (χ2v) is 6.42. The molecule has 1 atom stereocenters. The van der Waals surface area contributed by atoms with Crippen LogP contribution >= 0.6 is 0 Å². The molecule has 1 aliphatic rings. The lowest BCUT2D eigenvalue weighted by molar-refractivity contribution is 0.392. The van der Waals surface area contributed by atoms with E-state index in [4.69, 9.17) is 0 Å². The van der Waals surface area contributed by atoms with Crippen molar-refractivity contribution in [2.24, 2.45) is 5.92 Å². The first-order valence-corrected chi connectivity index (χ1v) is 8.83. The quantitative estimate of drug-likeness (QED) is 0.850. The third-order valence-electron chi connectivity index (χ3n) is 4.34. The van der Waals surface area contributed by atoms with Gasteiger partial charge >= 0.3 is 0 Å². The maximum absolute atomic E-state index is 13.5. The third-order valence-corrected chi connectivity index (χ3v) is 4.34. The molecule has 1 aliphatic heterocycles. The Hall–Kier alpha value is -2.01. The molecule has 2 N–H and O–H groups in total. The number of halogens is 1. The van der Waals surface area contributed by atoms with Crippen molar-refractivity contribution < 1.29 is 4.39 Å². The fraction of sp³-hybridized carbons (Fsp3) is 0.474. The molecule has 128 valence electrons. The topological polar surface area (TPSA) is 49.8 Å². The molecule has 3 rings (SSSR count). The van der Waals surface area contributed by atoms with Crippen LogP contribution in [0.25, 0.3) is 11.4 Å². The van der Waals surface area contributed by atoms with E-state index in [1.165, 1.54) is 25.0 Å². The number of aromatic nitrogens is 2. The summed E-state index contributed by atoms with van der Waals surface area (Å²) in [5, 5.41) is 6.88. The van der Waals surface area contributed by atoms with Crippen molar-refractivity contribution in [3.63, 3.8) is 0 Å². The molecular formula is C19H25FN4. The second kappa shape index (κ2) is 8.20. The largest absolute Gasteiger partial charge is 0.370 e. The molecule has 0 radical (unpaired) electrons. The van der Waals surface area contributed by atoms with Crippen molar-refractivity contribution in [2.45, 2.75) is 32.6 Å². The Morgan fingerprint density at radius 2 is 2.21 bits per heavy atom. The lowest BCUT2D eigenvalue weighted by atomic mass is 10.00. The number of anilines is 1. The van der Waals surface area contributed by atoms with Gasteiger partial charge in [0.05, 0.1) is 0 Å². The van der Waals surface area contributed by atoms with Crippen molar-refractivity contribution in [1.82, 2.24) is 15.3 Å². The Morgan fingerprint density at radius 1 is 1.29 bits per heavy atom. The Morgan fingerprint density at radius 3 is 2.96 bits per heavy atom. The summed E-state index contributed by atoms with van der Waals surface area (Å²) in [4.78, 5) is 9.20. The molecule has 0 bridgehead atoms. The van der Waals surface area contributed by atoms with E-state index >= 15 is 0 Å². The van der Waals surface area contributed by atoms with Crippen LogP contribution < -0.4 is 10.6 Å². The molecule has 4 nitrogen and oxygen atoms in total. The highest BCUT2D eigenvalue weighted by Gasteiger charge is 2.13. The van der Waals surface area contributed by atoms with Crippen LogP contribution in [0.3, 0.4) is 0 Å². The van der Waals surface area contributed by atoms with E-state index in [0.717, 1.165) is 49.6 Å². The number of hydrogen-bond donors (Lipinski definition) is 2. The van der Waals surface area contributed by atoms with Gasteiger partial charge in [-0.3, -0.25) is 0 Å². The third kappa shape index (κ3) is 4.51. The summed E-state index contributed by atoms with van der Waals surface area (Å²) < 4.78 is 13.5. The van der Waals surface area contributed by atoms with Gasteiger partial charge in [-0.25, -0.2) is 14.4 Å². The molecule has 24 heavy (non-hydrogen) atoms. The summed E-state index contributed by atoms with van der Waals surface area (Å²) in [6.45, 7) is 5.20. The van der Waals surface area contributed by atoms with Crippen LogP contribution in [-0.2, 0) is 6.42 Å². The average Bonchev–Trinajstić information content (AvgIpc) is 2.61. The number of hydrogen-bond acceptors (Lipinski definition) is 4. The van der Waals surface area contributed by atoms with Crippen molar-refractivity contribution in [2.75, 3.05) is 25.0 Å². The molecule has 0 aliphatic carbocycles. The predicted molar refractivity (Wildman–Crippen MR) is 95.5 cm³/mol. The van der Waals surface area contributed by atoms with Crippen LogP contribution in [0.2, 0.25) is 0 Å². The summed E-state index contributed by atoms with van der Waals surface area (Å²) in [7, 11) is 0. The first-order valence-electron chi connectivity index (χ1n) is 8.83. The maximum Gasteiger partial charge on any atom is 0.161 e. The van der Waals surface area contributed by atoms with Crippen LogP contribution in [0.5, 0.6) is 0 Å². The molecule has 1 aromatic heterocycles. The molecule has 1 aromatic carbocycles. The lowest BCUT2D eigenvalue weighted by Gasteiger charge is -2.23. The molecule has 1 unspecified atom stereocenters. The number of benzene rings is 1. The van der Waals surface area contributed by atoms with E-state index in [0.29, 0.717) is 11.7 Å². The van der Waals surface area contributed by atoms with E-state index in [9.17, 15) is 4.39 Å². The number of nitrogens with one attached hydrogen (secondary N) is 2. The normalized spacial score (nSPS) is 17.7. The van der Waals surface area contributed by atoms with Crippen molar-refractivity contribution in [3.8, 4) is 11.4 Å². The van der Waals surface area contributed by atoms with Gasteiger partial charge in [0.25, 0.3) is 0 Å². The lowest BCUT2D eigenvalue weighted by Crippen LogP contribution is -2.33.